The number of hydrogen-bond acceptors (Lipinski definition) is 7. The van der Waals surface area contributed by atoms with Gasteiger partial charge in [-0.25, -0.2) is 13.6 Å². The van der Waals surface area contributed by atoms with E-state index in [1.54, 1.807) is 48.2 Å². The summed E-state index contributed by atoms with van der Waals surface area (Å²) in [6.45, 7) is 6.49. The molecule has 0 radical (unpaired) electrons. The smallest absolute Gasteiger partial charge is 0.338 e. The first-order chi connectivity index (χ1) is 21.7. The van der Waals surface area contributed by atoms with Gasteiger partial charge in [0.05, 0.1) is 24.3 Å². The number of nitrogens with zero attached hydrogens (tertiary/aromatic N) is 4. The van der Waals surface area contributed by atoms with Gasteiger partial charge in [-0.15, -0.1) is 0 Å². The second-order valence-corrected chi connectivity index (χ2v) is 11.2. The van der Waals surface area contributed by atoms with E-state index in [9.17, 15) is 23.2 Å². The zero-order valence-electron chi connectivity index (χ0n) is 25.0. The van der Waals surface area contributed by atoms with Crippen LogP contribution in [0.3, 0.4) is 0 Å². The molecule has 0 aromatic heterocycles. The van der Waals surface area contributed by atoms with Crippen molar-refractivity contribution in [3.63, 3.8) is 0 Å². The first-order valence-corrected chi connectivity index (χ1v) is 15.3. The molecule has 2 aliphatic rings. The van der Waals surface area contributed by atoms with Gasteiger partial charge in [-0.2, -0.15) is 0 Å². The van der Waals surface area contributed by atoms with E-state index in [0.717, 1.165) is 38.4 Å². The minimum atomic E-state index is -0.835. The lowest BCUT2D eigenvalue weighted by Crippen LogP contribution is -2.47. The molecule has 45 heavy (non-hydrogen) atoms. The van der Waals surface area contributed by atoms with Gasteiger partial charge in [-0.3, -0.25) is 19.4 Å². The summed E-state index contributed by atoms with van der Waals surface area (Å²) in [6, 6.07) is 17.5. The Morgan fingerprint density at radius 3 is 2.09 bits per heavy atom. The fraction of sp³-hybridized carbons (Fsp3) is 0.333. The molecule has 12 heteroatoms. The molecule has 0 aliphatic carbocycles. The van der Waals surface area contributed by atoms with Gasteiger partial charge < -0.3 is 19.9 Å². The number of halogens is 2. The van der Waals surface area contributed by atoms with Gasteiger partial charge in [-0.05, 0) is 105 Å². The number of ether oxygens (including phenoxy) is 1. The molecule has 0 bridgehead atoms. The summed E-state index contributed by atoms with van der Waals surface area (Å²) in [4.78, 5) is 46.7. The number of nitrogens with one attached hydrogen (secondary N) is 1. The van der Waals surface area contributed by atoms with Crippen LogP contribution < -0.4 is 15.1 Å². The number of amides is 2. The Kier molecular flexibility index (Phi) is 10.4. The van der Waals surface area contributed by atoms with Crippen LogP contribution in [0.1, 0.15) is 30.1 Å². The number of esters is 1. The number of rotatable bonds is 11. The fourth-order valence-electron chi connectivity index (χ4n) is 5.55. The van der Waals surface area contributed by atoms with Crippen molar-refractivity contribution in [2.24, 2.45) is 0 Å². The molecule has 3 aromatic carbocycles. The van der Waals surface area contributed by atoms with E-state index >= 15 is 0 Å². The number of thiocarbonyl (C=S) groups is 1. The Balaban J connectivity index is 1.24. The maximum atomic E-state index is 13.8. The molecule has 1 N–H and O–H groups in total. The van der Waals surface area contributed by atoms with Gasteiger partial charge in [-0.1, -0.05) is 0 Å². The van der Waals surface area contributed by atoms with E-state index in [1.165, 1.54) is 41.3 Å². The predicted octanol–water partition coefficient (Wildman–Crippen LogP) is 4.68. The molecule has 9 nitrogen and oxygen atoms in total. The van der Waals surface area contributed by atoms with Gasteiger partial charge in [0.2, 0.25) is 5.91 Å². The molecular formula is C33H35F2N5O4S. The molecule has 2 amide bonds. The predicted molar refractivity (Wildman–Crippen MR) is 172 cm³/mol. The van der Waals surface area contributed by atoms with Crippen molar-refractivity contribution < 1.29 is 27.9 Å². The van der Waals surface area contributed by atoms with E-state index < -0.39 is 23.7 Å². The molecule has 1 atom stereocenters. The van der Waals surface area contributed by atoms with Crippen molar-refractivity contribution in [2.45, 2.75) is 25.8 Å². The quantitative estimate of drug-likeness (QED) is 0.240. The summed E-state index contributed by atoms with van der Waals surface area (Å²) < 4.78 is 31.7. The minimum absolute atomic E-state index is 0.149. The normalized spacial score (nSPS) is 17.1. The lowest BCUT2D eigenvalue weighted by Gasteiger charge is -2.36. The number of piperazine rings is 1. The van der Waals surface area contributed by atoms with Crippen LogP contribution in [0.2, 0.25) is 0 Å². The second-order valence-electron chi connectivity index (χ2n) is 10.9. The molecule has 2 saturated heterocycles. The summed E-state index contributed by atoms with van der Waals surface area (Å²) in [7, 11) is 0. The number of hydrogen-bond donors (Lipinski definition) is 1. The van der Waals surface area contributed by atoms with Gasteiger partial charge in [0.15, 0.2) is 5.11 Å². The molecule has 0 spiro atoms. The van der Waals surface area contributed by atoms with Gasteiger partial charge in [0, 0.05) is 44.1 Å². The summed E-state index contributed by atoms with van der Waals surface area (Å²) in [5, 5.41) is 3.02. The highest BCUT2D eigenvalue weighted by molar-refractivity contribution is 7.80. The summed E-state index contributed by atoms with van der Waals surface area (Å²) >= 11 is 5.79. The molecular weight excluding hydrogens is 600 g/mol. The zero-order chi connectivity index (χ0) is 31.9. The molecule has 2 aliphatic heterocycles. The highest BCUT2D eigenvalue weighted by atomic mass is 32.1. The van der Waals surface area contributed by atoms with E-state index in [2.05, 4.69) is 15.1 Å². The summed E-state index contributed by atoms with van der Waals surface area (Å²) in [5.41, 5.74) is 2.26. The van der Waals surface area contributed by atoms with Gasteiger partial charge >= 0.3 is 5.97 Å². The minimum Gasteiger partial charge on any atom is -0.462 e. The number of carbonyl (C=O) groups is 3. The lowest BCUT2D eigenvalue weighted by atomic mass is 10.1. The van der Waals surface area contributed by atoms with Crippen LogP contribution in [0.15, 0.2) is 72.8 Å². The first kappa shape index (κ1) is 32.0. The third kappa shape index (κ3) is 7.81. The van der Waals surface area contributed by atoms with Crippen molar-refractivity contribution >= 4 is 52.2 Å². The molecule has 3 aromatic rings. The average Bonchev–Trinajstić information content (AvgIpc) is 3.27. The fourth-order valence-corrected chi connectivity index (χ4v) is 5.97. The highest BCUT2D eigenvalue weighted by Crippen LogP contribution is 2.28. The van der Waals surface area contributed by atoms with Crippen LogP contribution in [-0.4, -0.2) is 84.6 Å². The van der Waals surface area contributed by atoms with E-state index in [4.69, 9.17) is 17.0 Å². The van der Waals surface area contributed by atoms with Crippen LogP contribution in [0.4, 0.5) is 25.8 Å². The lowest BCUT2D eigenvalue weighted by molar-refractivity contribution is -0.124. The Morgan fingerprint density at radius 2 is 1.47 bits per heavy atom. The van der Waals surface area contributed by atoms with Gasteiger partial charge in [0.1, 0.15) is 17.7 Å². The first-order valence-electron chi connectivity index (χ1n) is 14.9. The maximum absolute atomic E-state index is 13.8. The van der Waals surface area contributed by atoms with Crippen molar-refractivity contribution in [1.29, 1.82) is 0 Å². The van der Waals surface area contributed by atoms with Crippen LogP contribution in [0, 0.1) is 11.6 Å². The molecule has 0 saturated carbocycles. The van der Waals surface area contributed by atoms with Crippen LogP contribution in [-0.2, 0) is 14.3 Å². The molecule has 5 rings (SSSR count). The van der Waals surface area contributed by atoms with E-state index in [1.807, 2.05) is 0 Å². The third-order valence-corrected chi connectivity index (χ3v) is 8.32. The second kappa shape index (κ2) is 14.6. The summed E-state index contributed by atoms with van der Waals surface area (Å²) in [5.74, 6) is -1.88. The maximum Gasteiger partial charge on any atom is 0.338 e. The van der Waals surface area contributed by atoms with Crippen molar-refractivity contribution in [3.05, 3.63) is 90.0 Å². The largest absolute Gasteiger partial charge is 0.462 e. The van der Waals surface area contributed by atoms with Crippen LogP contribution >= 0.6 is 12.2 Å². The highest BCUT2D eigenvalue weighted by Gasteiger charge is 2.44. The summed E-state index contributed by atoms with van der Waals surface area (Å²) in [6.07, 6.45) is 0.555. The number of carbonyl (C=O) groups excluding carboxylic acids is 3. The topological polar surface area (TPSA) is 85.4 Å². The molecule has 2 fully saturated rings. The van der Waals surface area contributed by atoms with Crippen molar-refractivity contribution in [2.75, 3.05) is 61.0 Å². The SMILES string of the molecule is CCOC(=O)c1ccc(N2C(=O)C(CC(=O)Nc3ccc(F)cc3)N(CCCN3CCN(c4ccc(F)cc4)CC3)C2=S)cc1. The van der Waals surface area contributed by atoms with Crippen LogP contribution in [0.25, 0.3) is 0 Å². The zero-order valence-corrected chi connectivity index (χ0v) is 25.8. The molecule has 236 valence electrons. The molecule has 1 unspecified atom stereocenters. The number of anilines is 3. The monoisotopic (exact) mass is 635 g/mol. The van der Waals surface area contributed by atoms with Crippen molar-refractivity contribution in [3.8, 4) is 0 Å². The van der Waals surface area contributed by atoms with Crippen LogP contribution in [0.5, 0.6) is 0 Å². The van der Waals surface area contributed by atoms with Gasteiger partial charge in [0.25, 0.3) is 5.91 Å². The Hall–Kier alpha value is -4.42. The van der Waals surface area contributed by atoms with Crippen molar-refractivity contribution in [1.82, 2.24) is 9.80 Å². The Labute approximate surface area is 266 Å². The number of benzene rings is 3. The standard InChI is InChI=1S/C33H35F2N5O4S/c1-2-44-32(43)23-4-12-28(13-5-23)40-31(42)29(22-30(41)36-26-10-6-24(34)7-11-26)39(33(40)45)17-3-16-37-18-20-38(21-19-37)27-14-8-25(35)9-15-27/h4-15,29H,2-3,16-22H2,1H3,(H,36,41). The molecule has 2 heterocycles. The Bertz CT molecular complexity index is 1510. The average molecular weight is 636 g/mol. The van der Waals surface area contributed by atoms with E-state index in [-0.39, 0.29) is 29.9 Å². The van der Waals surface area contributed by atoms with E-state index in [0.29, 0.717) is 29.9 Å². The third-order valence-electron chi connectivity index (χ3n) is 7.90. The Morgan fingerprint density at radius 1 is 0.867 bits per heavy atom.